The number of rotatable bonds is 7. The van der Waals surface area contributed by atoms with Crippen LogP contribution in [0.5, 0.6) is 0 Å². The van der Waals surface area contributed by atoms with Crippen molar-refractivity contribution in [1.29, 1.82) is 0 Å². The van der Waals surface area contributed by atoms with E-state index in [-0.39, 0.29) is 12.4 Å². The van der Waals surface area contributed by atoms with Crippen LogP contribution in [0.4, 0.5) is 0 Å². The Morgan fingerprint density at radius 1 is 1.21 bits per heavy atom. The first-order chi connectivity index (χ1) is 6.61. The number of hydrogen-bond acceptors (Lipinski definition) is 5. The fourth-order valence-electron chi connectivity index (χ4n) is 1.22. The first-order valence-corrected chi connectivity index (χ1v) is 7.11. The summed E-state index contributed by atoms with van der Waals surface area (Å²) in [5, 5.41) is 0. The summed E-state index contributed by atoms with van der Waals surface area (Å²) >= 11 is 0. The van der Waals surface area contributed by atoms with Gasteiger partial charge in [0, 0.05) is 19.8 Å². The van der Waals surface area contributed by atoms with Crippen LogP contribution in [0.25, 0.3) is 0 Å². The molecule has 5 nitrogen and oxygen atoms in total. The summed E-state index contributed by atoms with van der Waals surface area (Å²) in [6.45, 7) is 8.76. The molecule has 1 rings (SSSR count). The van der Waals surface area contributed by atoms with Gasteiger partial charge in [0.1, 0.15) is 6.10 Å². The first-order valence-electron chi connectivity index (χ1n) is 4.89. The molecule has 0 spiro atoms. The lowest BCUT2D eigenvalue weighted by molar-refractivity contribution is 0.0333. The maximum absolute atomic E-state index is 5.69. The Kier molecular flexibility index (Phi) is 4.49. The molecule has 14 heavy (non-hydrogen) atoms. The third kappa shape index (κ3) is 3.64. The average molecular weight is 222 g/mol. The van der Waals surface area contributed by atoms with Gasteiger partial charge in [-0.3, -0.25) is 0 Å². The van der Waals surface area contributed by atoms with Crippen LogP contribution >= 0.6 is 0 Å². The second-order valence-corrected chi connectivity index (χ2v) is 5.65. The van der Waals surface area contributed by atoms with E-state index in [9.17, 15) is 0 Å². The predicted molar refractivity (Wildman–Crippen MR) is 51.4 cm³/mol. The molecule has 0 aromatic heterocycles. The van der Waals surface area contributed by atoms with Gasteiger partial charge in [-0.05, 0) is 20.8 Å². The lowest BCUT2D eigenvalue weighted by Gasteiger charge is -2.27. The lowest BCUT2D eigenvalue weighted by Crippen LogP contribution is -2.46. The van der Waals surface area contributed by atoms with Gasteiger partial charge >= 0.3 is 8.80 Å². The van der Waals surface area contributed by atoms with Gasteiger partial charge in [0.05, 0.1) is 0 Å². The van der Waals surface area contributed by atoms with E-state index >= 15 is 0 Å². The predicted octanol–water partition coefficient (Wildman–Crippen LogP) is 1.32. The molecule has 1 aliphatic rings. The van der Waals surface area contributed by atoms with Crippen molar-refractivity contribution in [3.63, 3.8) is 0 Å². The molecule has 0 saturated carbocycles. The minimum atomic E-state index is -2.50. The van der Waals surface area contributed by atoms with E-state index in [1.54, 1.807) is 0 Å². The van der Waals surface area contributed by atoms with E-state index < -0.39 is 8.80 Å². The molecule has 0 N–H and O–H groups in total. The molecule has 0 amide bonds. The molecule has 84 valence electrons. The van der Waals surface area contributed by atoms with Crippen molar-refractivity contribution in [3.05, 3.63) is 0 Å². The van der Waals surface area contributed by atoms with Crippen LogP contribution in [0.15, 0.2) is 0 Å². The average Bonchev–Trinajstić information content (AvgIpc) is 2.85. The quantitative estimate of drug-likeness (QED) is 0.369. The first kappa shape index (κ1) is 12.1. The van der Waals surface area contributed by atoms with Crippen LogP contribution in [-0.2, 0) is 23.1 Å². The summed E-state index contributed by atoms with van der Waals surface area (Å²) in [6, 6.07) is 0. The molecular weight excluding hydrogens is 204 g/mol. The Bertz CT molecular complexity index is 167. The van der Waals surface area contributed by atoms with Crippen molar-refractivity contribution in [2.24, 2.45) is 0 Å². The molecule has 6 heteroatoms. The van der Waals surface area contributed by atoms with Gasteiger partial charge in [0.15, 0.2) is 0 Å². The van der Waals surface area contributed by atoms with Crippen LogP contribution in [-0.4, -0.2) is 34.4 Å². The van der Waals surface area contributed by atoms with Gasteiger partial charge in [-0.25, -0.2) is 0 Å². The van der Waals surface area contributed by atoms with Gasteiger partial charge < -0.3 is 13.3 Å². The zero-order valence-corrected chi connectivity index (χ0v) is 10.1. The highest BCUT2D eigenvalue weighted by atomic mass is 28.4. The van der Waals surface area contributed by atoms with E-state index in [1.807, 2.05) is 27.3 Å². The van der Waals surface area contributed by atoms with E-state index in [4.69, 9.17) is 13.3 Å². The Labute approximate surface area is 85.5 Å². The second kappa shape index (κ2) is 5.20. The molecule has 1 heterocycles. The summed E-state index contributed by atoms with van der Waals surface area (Å²) in [4.78, 5) is 9.32. The minimum absolute atomic E-state index is 0.148. The maximum Gasteiger partial charge on any atom is 0.498 e. The topological polar surface area (TPSA) is 52.8 Å². The van der Waals surface area contributed by atoms with Crippen LogP contribution in [0.2, 0.25) is 6.55 Å². The molecule has 0 aromatic carbocycles. The van der Waals surface area contributed by atoms with E-state index in [0.29, 0.717) is 13.2 Å². The highest BCUT2D eigenvalue weighted by Gasteiger charge is 2.43. The molecule has 1 saturated heterocycles. The zero-order chi connectivity index (χ0) is 10.6. The molecule has 0 aliphatic carbocycles. The lowest BCUT2D eigenvalue weighted by atomic mass is 10.4. The minimum Gasteiger partial charge on any atom is -0.374 e. The Morgan fingerprint density at radius 2 is 1.71 bits per heavy atom. The highest BCUT2D eigenvalue weighted by molar-refractivity contribution is 6.59. The molecular formula is C8H18O5Si. The fourth-order valence-corrected chi connectivity index (χ4v) is 3.27. The van der Waals surface area contributed by atoms with Crippen LogP contribution in [0, 0.1) is 0 Å². The molecule has 0 bridgehead atoms. The molecule has 1 aliphatic heterocycles. The van der Waals surface area contributed by atoms with Crippen LogP contribution in [0.1, 0.15) is 20.8 Å². The van der Waals surface area contributed by atoms with E-state index in [1.165, 1.54) is 0 Å². The summed E-state index contributed by atoms with van der Waals surface area (Å²) in [6.07, 6.45) is -0.410. The number of hydrogen-bond donors (Lipinski definition) is 0. The third-order valence-corrected chi connectivity index (χ3v) is 4.23. The second-order valence-electron chi connectivity index (χ2n) is 3.11. The normalized spacial score (nSPS) is 19.7. The maximum atomic E-state index is 5.69. The molecule has 0 aromatic rings. The van der Waals surface area contributed by atoms with Gasteiger partial charge in [-0.2, -0.15) is 9.78 Å². The van der Waals surface area contributed by atoms with Crippen molar-refractivity contribution >= 4 is 8.80 Å². The third-order valence-electron chi connectivity index (χ3n) is 1.80. The standard InChI is InChI=1S/C8H18O5Si/c1-5-9-14(4,10-6-2)13-7(3)8-11-12-8/h7-8H,5-6H2,1-4H3. The van der Waals surface area contributed by atoms with Crippen molar-refractivity contribution in [2.45, 2.75) is 39.7 Å². The largest absolute Gasteiger partial charge is 0.498 e. The Hall–Kier alpha value is 0.0169. The van der Waals surface area contributed by atoms with Gasteiger partial charge in [-0.1, -0.05) is 0 Å². The summed E-state index contributed by atoms with van der Waals surface area (Å²) in [7, 11) is -2.50. The van der Waals surface area contributed by atoms with Crippen molar-refractivity contribution in [3.8, 4) is 0 Å². The molecule has 1 atom stereocenters. The van der Waals surface area contributed by atoms with Crippen LogP contribution in [0.3, 0.4) is 0 Å². The summed E-state index contributed by atoms with van der Waals surface area (Å²) in [5.74, 6) is 0. The van der Waals surface area contributed by atoms with E-state index in [0.717, 1.165) is 0 Å². The summed E-state index contributed by atoms with van der Waals surface area (Å²) in [5.41, 5.74) is 0. The Balaban J connectivity index is 2.39. The molecule has 1 fully saturated rings. The SMILES string of the molecule is CCO[Si](C)(OCC)OC(C)C1OO1. The monoisotopic (exact) mass is 222 g/mol. The van der Waals surface area contributed by atoms with Crippen LogP contribution < -0.4 is 0 Å². The summed E-state index contributed by atoms with van der Waals surface area (Å²) < 4.78 is 16.7. The van der Waals surface area contributed by atoms with Crippen molar-refractivity contribution < 1.29 is 23.1 Å². The van der Waals surface area contributed by atoms with Gasteiger partial charge in [-0.15, -0.1) is 0 Å². The smallest absolute Gasteiger partial charge is 0.374 e. The highest BCUT2D eigenvalue weighted by Crippen LogP contribution is 2.23. The van der Waals surface area contributed by atoms with Gasteiger partial charge in [0.2, 0.25) is 6.29 Å². The fraction of sp³-hybridized carbons (Fsp3) is 1.00. The zero-order valence-electron chi connectivity index (χ0n) is 9.11. The van der Waals surface area contributed by atoms with E-state index in [2.05, 4.69) is 9.78 Å². The van der Waals surface area contributed by atoms with Crippen molar-refractivity contribution in [1.82, 2.24) is 0 Å². The molecule has 1 unspecified atom stereocenters. The Morgan fingerprint density at radius 3 is 2.07 bits per heavy atom. The van der Waals surface area contributed by atoms with Crippen molar-refractivity contribution in [2.75, 3.05) is 13.2 Å². The molecule has 0 radical (unpaired) electrons. The van der Waals surface area contributed by atoms with Gasteiger partial charge in [0.25, 0.3) is 0 Å².